The normalized spacial score (nSPS) is 11.9. The Hall–Kier alpha value is -7.83. The first-order chi connectivity index (χ1) is 28.3. The molecule has 0 fully saturated rings. The van der Waals surface area contributed by atoms with Crippen LogP contribution in [0.1, 0.15) is 0 Å². The van der Waals surface area contributed by atoms with Gasteiger partial charge in [-0.05, 0) is 42.5 Å². The number of rotatable bonds is 5. The molecule has 0 bridgehead atoms. The molecule has 8 aromatic carbocycles. The first-order valence-corrected chi connectivity index (χ1v) is 19.1. The van der Waals surface area contributed by atoms with E-state index >= 15 is 0 Å². The van der Waals surface area contributed by atoms with Crippen molar-refractivity contribution < 1.29 is 4.42 Å². The summed E-state index contributed by atoms with van der Waals surface area (Å²) in [6.07, 6.45) is 0. The van der Waals surface area contributed by atoms with E-state index in [2.05, 4.69) is 124 Å². The van der Waals surface area contributed by atoms with E-state index in [4.69, 9.17) is 19.4 Å². The highest BCUT2D eigenvalue weighted by atomic mass is 16.3. The van der Waals surface area contributed by atoms with Crippen molar-refractivity contribution in [2.45, 2.75) is 0 Å². The lowest BCUT2D eigenvalue weighted by Gasteiger charge is -2.10. The molecule has 12 aromatic rings. The van der Waals surface area contributed by atoms with Gasteiger partial charge in [0.1, 0.15) is 5.58 Å². The molecule has 266 valence electrons. The molecule has 0 amide bonds. The molecule has 0 saturated heterocycles. The molecule has 0 saturated carbocycles. The molecular formula is C51H31N5O. The van der Waals surface area contributed by atoms with Gasteiger partial charge < -0.3 is 13.6 Å². The monoisotopic (exact) mass is 729 g/mol. The molecule has 4 aromatic heterocycles. The van der Waals surface area contributed by atoms with E-state index in [-0.39, 0.29) is 0 Å². The third-order valence-electron chi connectivity index (χ3n) is 11.2. The highest BCUT2D eigenvalue weighted by molar-refractivity contribution is 6.26. The van der Waals surface area contributed by atoms with Crippen molar-refractivity contribution in [1.82, 2.24) is 24.1 Å². The molecule has 0 N–H and O–H groups in total. The van der Waals surface area contributed by atoms with E-state index in [0.29, 0.717) is 17.5 Å². The van der Waals surface area contributed by atoms with E-state index in [0.717, 1.165) is 61.0 Å². The fourth-order valence-corrected chi connectivity index (χ4v) is 8.74. The summed E-state index contributed by atoms with van der Waals surface area (Å²) in [5, 5.41) is 6.78. The van der Waals surface area contributed by atoms with Gasteiger partial charge >= 0.3 is 0 Å². The zero-order valence-electron chi connectivity index (χ0n) is 30.5. The molecule has 57 heavy (non-hydrogen) atoms. The Morgan fingerprint density at radius 3 is 1.67 bits per heavy atom. The molecule has 0 unspecified atom stereocenters. The molecule has 0 spiro atoms. The summed E-state index contributed by atoms with van der Waals surface area (Å²) < 4.78 is 11.7. The maximum Gasteiger partial charge on any atom is 0.164 e. The highest BCUT2D eigenvalue weighted by Gasteiger charge is 2.24. The second-order valence-electron chi connectivity index (χ2n) is 14.4. The van der Waals surface area contributed by atoms with Gasteiger partial charge in [-0.25, -0.2) is 15.0 Å². The van der Waals surface area contributed by atoms with E-state index in [1.54, 1.807) is 0 Å². The lowest BCUT2D eigenvalue weighted by molar-refractivity contribution is 0.666. The van der Waals surface area contributed by atoms with Crippen LogP contribution in [-0.4, -0.2) is 24.1 Å². The fourth-order valence-electron chi connectivity index (χ4n) is 8.74. The van der Waals surface area contributed by atoms with Gasteiger partial charge in [-0.2, -0.15) is 0 Å². The first kappa shape index (κ1) is 31.5. The second kappa shape index (κ2) is 12.3. The van der Waals surface area contributed by atoms with Crippen LogP contribution in [0.3, 0.4) is 0 Å². The second-order valence-corrected chi connectivity index (χ2v) is 14.4. The lowest BCUT2D eigenvalue weighted by atomic mass is 10.0. The average molecular weight is 730 g/mol. The number of para-hydroxylation sites is 4. The Morgan fingerprint density at radius 1 is 0.368 bits per heavy atom. The van der Waals surface area contributed by atoms with Crippen molar-refractivity contribution in [2.24, 2.45) is 0 Å². The number of hydrogen-bond acceptors (Lipinski definition) is 4. The number of benzene rings is 8. The average Bonchev–Trinajstić information content (AvgIpc) is 3.95. The van der Waals surface area contributed by atoms with Crippen LogP contribution < -0.4 is 0 Å². The Kier molecular flexibility index (Phi) is 6.83. The van der Waals surface area contributed by atoms with Crippen molar-refractivity contribution in [3.63, 3.8) is 0 Å². The molecule has 4 heterocycles. The Labute approximate surface area is 326 Å². The fraction of sp³-hybridized carbons (Fsp3) is 0. The molecule has 0 atom stereocenters. The summed E-state index contributed by atoms with van der Waals surface area (Å²) in [4.78, 5) is 15.1. The summed E-state index contributed by atoms with van der Waals surface area (Å²) in [5.74, 6) is 1.83. The first-order valence-electron chi connectivity index (χ1n) is 19.1. The van der Waals surface area contributed by atoms with Crippen molar-refractivity contribution in [3.8, 4) is 45.5 Å². The topological polar surface area (TPSA) is 61.7 Å². The van der Waals surface area contributed by atoms with E-state index < -0.39 is 0 Å². The molecule has 12 rings (SSSR count). The molecule has 6 heteroatoms. The summed E-state index contributed by atoms with van der Waals surface area (Å²) in [6, 6.07) is 65.4. The SMILES string of the molecule is c1ccc(-c2nc(-c3ccccc3)nc(-c3cccc4oc5c(-n6c7ccccc7c7c6ccc6c8ccccc8n(-c8ccccc8)c67)cccc5c34)n2)cc1. The molecule has 0 radical (unpaired) electrons. The lowest BCUT2D eigenvalue weighted by Crippen LogP contribution is -2.00. The van der Waals surface area contributed by atoms with E-state index in [9.17, 15) is 0 Å². The third-order valence-corrected chi connectivity index (χ3v) is 11.2. The maximum atomic E-state index is 6.93. The van der Waals surface area contributed by atoms with E-state index in [1.807, 2.05) is 72.8 Å². The number of nitrogens with zero attached hydrogens (tertiary/aromatic N) is 5. The summed E-state index contributed by atoms with van der Waals surface area (Å²) in [7, 11) is 0. The number of furan rings is 1. The van der Waals surface area contributed by atoms with Crippen molar-refractivity contribution in [2.75, 3.05) is 0 Å². The van der Waals surface area contributed by atoms with Gasteiger partial charge in [0, 0.05) is 54.7 Å². The molecule has 0 aliphatic rings. The third kappa shape index (κ3) is 4.74. The summed E-state index contributed by atoms with van der Waals surface area (Å²) in [5.41, 5.74) is 11.0. The van der Waals surface area contributed by atoms with Gasteiger partial charge in [0.15, 0.2) is 23.1 Å². The predicted molar refractivity (Wildman–Crippen MR) is 232 cm³/mol. The zero-order valence-corrected chi connectivity index (χ0v) is 30.5. The van der Waals surface area contributed by atoms with Gasteiger partial charge in [0.05, 0.1) is 27.8 Å². The van der Waals surface area contributed by atoms with Crippen molar-refractivity contribution in [1.29, 1.82) is 0 Å². The van der Waals surface area contributed by atoms with Crippen LogP contribution in [0.4, 0.5) is 0 Å². The maximum absolute atomic E-state index is 6.93. The van der Waals surface area contributed by atoms with Crippen LogP contribution in [0, 0.1) is 0 Å². The summed E-state index contributed by atoms with van der Waals surface area (Å²) >= 11 is 0. The molecular weight excluding hydrogens is 699 g/mol. The number of fused-ring (bicyclic) bond motifs is 10. The smallest absolute Gasteiger partial charge is 0.164 e. The van der Waals surface area contributed by atoms with Gasteiger partial charge in [-0.3, -0.25) is 0 Å². The quantitative estimate of drug-likeness (QED) is 0.177. The van der Waals surface area contributed by atoms with Crippen LogP contribution in [0.5, 0.6) is 0 Å². The van der Waals surface area contributed by atoms with Gasteiger partial charge in [0.25, 0.3) is 0 Å². The summed E-state index contributed by atoms with van der Waals surface area (Å²) in [6.45, 7) is 0. The molecule has 0 aliphatic heterocycles. The van der Waals surface area contributed by atoms with Crippen molar-refractivity contribution >= 4 is 65.6 Å². The molecule has 6 nitrogen and oxygen atoms in total. The predicted octanol–water partition coefficient (Wildman–Crippen LogP) is 13.0. The Morgan fingerprint density at radius 2 is 0.947 bits per heavy atom. The van der Waals surface area contributed by atoms with E-state index in [1.165, 1.54) is 32.6 Å². The minimum atomic E-state index is 0.592. The highest BCUT2D eigenvalue weighted by Crippen LogP contribution is 2.44. The molecule has 0 aliphatic carbocycles. The van der Waals surface area contributed by atoms with Gasteiger partial charge in [0.2, 0.25) is 0 Å². The van der Waals surface area contributed by atoms with Crippen LogP contribution in [0.2, 0.25) is 0 Å². The Balaban J connectivity index is 1.14. The minimum Gasteiger partial charge on any atom is -0.454 e. The van der Waals surface area contributed by atoms with Crippen molar-refractivity contribution in [3.05, 3.63) is 188 Å². The largest absolute Gasteiger partial charge is 0.454 e. The van der Waals surface area contributed by atoms with Gasteiger partial charge in [-0.1, -0.05) is 146 Å². The standard InChI is InChI=1S/C51H31N5O/c1-4-16-32(17-5-1)49-52-50(33-18-6-2-7-19-33)54-51(53-49)39-25-15-29-44-45(39)38-24-14-28-43(48(38)57-44)56-41-27-13-11-23-37(41)46-42(56)31-30-36-35-22-10-12-26-40(35)55(47(36)46)34-20-8-3-9-21-34/h1-31H. The van der Waals surface area contributed by atoms with Gasteiger partial charge in [-0.15, -0.1) is 0 Å². The number of hydrogen-bond donors (Lipinski definition) is 0. The Bertz CT molecular complexity index is 3450. The zero-order chi connectivity index (χ0) is 37.5. The van der Waals surface area contributed by atoms with Crippen LogP contribution >= 0.6 is 0 Å². The van der Waals surface area contributed by atoms with Crippen LogP contribution in [-0.2, 0) is 0 Å². The van der Waals surface area contributed by atoms with Crippen LogP contribution in [0.25, 0.3) is 111 Å². The van der Waals surface area contributed by atoms with Crippen LogP contribution in [0.15, 0.2) is 192 Å². The number of aromatic nitrogens is 5. The minimum absolute atomic E-state index is 0.592.